The van der Waals surface area contributed by atoms with Gasteiger partial charge in [-0.1, -0.05) is 11.6 Å². The van der Waals surface area contributed by atoms with Crippen LogP contribution in [0.5, 0.6) is 0 Å². The first kappa shape index (κ1) is 11.5. The third-order valence-electron chi connectivity index (χ3n) is 2.13. The number of carbonyl (C=O) groups excluding carboxylic acids is 1. The van der Waals surface area contributed by atoms with Gasteiger partial charge in [0, 0.05) is 0 Å². The quantitative estimate of drug-likeness (QED) is 0.796. The molecule has 2 heterocycles. The minimum atomic E-state index is -0.387. The van der Waals surface area contributed by atoms with Gasteiger partial charge < -0.3 is 5.32 Å². The first-order valence-corrected chi connectivity index (χ1v) is 5.26. The fourth-order valence-corrected chi connectivity index (χ4v) is 1.49. The van der Waals surface area contributed by atoms with Gasteiger partial charge in [-0.3, -0.25) is 9.89 Å². The van der Waals surface area contributed by atoms with Crippen molar-refractivity contribution in [3.8, 4) is 0 Å². The number of H-pyrrole nitrogens is 1. The fourth-order valence-electron chi connectivity index (χ4n) is 1.28. The topological polar surface area (TPSA) is 83.6 Å². The van der Waals surface area contributed by atoms with Crippen molar-refractivity contribution in [3.63, 3.8) is 0 Å². The molecule has 1 amide bonds. The number of anilines is 1. The minimum absolute atomic E-state index is 0.0943. The Morgan fingerprint density at radius 1 is 1.47 bits per heavy atom. The van der Waals surface area contributed by atoms with E-state index in [1.165, 1.54) is 6.20 Å². The van der Waals surface area contributed by atoms with Crippen molar-refractivity contribution in [3.05, 3.63) is 34.6 Å². The van der Waals surface area contributed by atoms with E-state index in [9.17, 15) is 4.79 Å². The SMILES string of the molecule is Cc1nc(C(=O)Nc2cnc(Cl)cc2C)n[nH]1. The molecule has 2 N–H and O–H groups in total. The summed E-state index contributed by atoms with van der Waals surface area (Å²) < 4.78 is 0. The van der Waals surface area contributed by atoms with Gasteiger partial charge in [-0.2, -0.15) is 0 Å². The number of hydrogen-bond acceptors (Lipinski definition) is 4. The summed E-state index contributed by atoms with van der Waals surface area (Å²) in [6.45, 7) is 3.55. The molecule has 0 fully saturated rings. The molecule has 0 aromatic carbocycles. The Labute approximate surface area is 102 Å². The van der Waals surface area contributed by atoms with Crippen LogP contribution in [0.1, 0.15) is 22.0 Å². The van der Waals surface area contributed by atoms with Crippen molar-refractivity contribution in [2.45, 2.75) is 13.8 Å². The summed E-state index contributed by atoms with van der Waals surface area (Å²) in [7, 11) is 0. The van der Waals surface area contributed by atoms with Crippen molar-refractivity contribution < 1.29 is 4.79 Å². The summed E-state index contributed by atoms with van der Waals surface area (Å²) in [6.07, 6.45) is 1.50. The lowest BCUT2D eigenvalue weighted by atomic mass is 10.2. The Hall–Kier alpha value is -1.95. The Morgan fingerprint density at radius 2 is 2.24 bits per heavy atom. The molecule has 0 aliphatic carbocycles. The van der Waals surface area contributed by atoms with Crippen LogP contribution in [-0.2, 0) is 0 Å². The van der Waals surface area contributed by atoms with Gasteiger partial charge in [0.25, 0.3) is 5.91 Å². The molecule has 2 rings (SSSR count). The van der Waals surface area contributed by atoms with Crippen molar-refractivity contribution in [1.29, 1.82) is 0 Å². The van der Waals surface area contributed by atoms with E-state index in [1.54, 1.807) is 13.0 Å². The van der Waals surface area contributed by atoms with E-state index in [2.05, 4.69) is 25.5 Å². The summed E-state index contributed by atoms with van der Waals surface area (Å²) >= 11 is 5.72. The van der Waals surface area contributed by atoms with Crippen molar-refractivity contribution in [2.75, 3.05) is 5.32 Å². The summed E-state index contributed by atoms with van der Waals surface area (Å²) in [6, 6.07) is 1.67. The Bertz CT molecular complexity index is 566. The third kappa shape index (κ3) is 2.59. The lowest BCUT2D eigenvalue weighted by Crippen LogP contribution is -2.14. The molecule has 17 heavy (non-hydrogen) atoms. The number of nitrogens with zero attached hydrogens (tertiary/aromatic N) is 3. The molecule has 0 aliphatic rings. The van der Waals surface area contributed by atoms with Crippen LogP contribution in [0.25, 0.3) is 0 Å². The largest absolute Gasteiger partial charge is 0.318 e. The predicted octanol–water partition coefficient (Wildman–Crippen LogP) is 1.72. The maximum Gasteiger partial charge on any atom is 0.295 e. The normalized spacial score (nSPS) is 10.3. The van der Waals surface area contributed by atoms with Gasteiger partial charge in [0.15, 0.2) is 0 Å². The number of amides is 1. The van der Waals surface area contributed by atoms with E-state index in [-0.39, 0.29) is 11.7 Å². The second-order valence-corrected chi connectivity index (χ2v) is 3.91. The number of halogens is 1. The van der Waals surface area contributed by atoms with Crippen LogP contribution < -0.4 is 5.32 Å². The number of hydrogen-bond donors (Lipinski definition) is 2. The molecule has 2 aromatic rings. The summed E-state index contributed by atoms with van der Waals surface area (Å²) in [4.78, 5) is 19.6. The van der Waals surface area contributed by atoms with Crippen LogP contribution in [-0.4, -0.2) is 26.1 Å². The molecule has 0 spiro atoms. The van der Waals surface area contributed by atoms with Gasteiger partial charge in [0.2, 0.25) is 5.82 Å². The first-order chi connectivity index (χ1) is 8.06. The molecule has 0 aliphatic heterocycles. The number of aromatic nitrogens is 4. The summed E-state index contributed by atoms with van der Waals surface area (Å²) in [5.74, 6) is 0.291. The standard InChI is InChI=1S/C10H10ClN5O/c1-5-3-8(11)12-4-7(5)14-10(17)9-13-6(2)15-16-9/h3-4H,1-2H3,(H,14,17)(H,13,15,16). The molecule has 0 saturated carbocycles. The molecule has 6 nitrogen and oxygen atoms in total. The number of aromatic amines is 1. The lowest BCUT2D eigenvalue weighted by Gasteiger charge is -2.05. The third-order valence-corrected chi connectivity index (χ3v) is 2.33. The highest BCUT2D eigenvalue weighted by molar-refractivity contribution is 6.29. The molecule has 88 valence electrons. The highest BCUT2D eigenvalue weighted by Crippen LogP contribution is 2.17. The predicted molar refractivity (Wildman–Crippen MR) is 63.1 cm³/mol. The molecule has 7 heteroatoms. The monoisotopic (exact) mass is 251 g/mol. The van der Waals surface area contributed by atoms with Crippen LogP contribution >= 0.6 is 11.6 Å². The zero-order chi connectivity index (χ0) is 12.4. The average Bonchev–Trinajstić information content (AvgIpc) is 2.69. The van der Waals surface area contributed by atoms with E-state index in [4.69, 9.17) is 11.6 Å². The van der Waals surface area contributed by atoms with Crippen LogP contribution in [0.4, 0.5) is 5.69 Å². The Kier molecular flexibility index (Phi) is 3.06. The van der Waals surface area contributed by atoms with Gasteiger partial charge in [-0.25, -0.2) is 9.97 Å². The van der Waals surface area contributed by atoms with Crippen LogP contribution in [0.2, 0.25) is 5.15 Å². The number of nitrogens with one attached hydrogen (secondary N) is 2. The highest BCUT2D eigenvalue weighted by Gasteiger charge is 2.12. The van der Waals surface area contributed by atoms with Crippen LogP contribution in [0, 0.1) is 13.8 Å². The second-order valence-electron chi connectivity index (χ2n) is 3.52. The van der Waals surface area contributed by atoms with Gasteiger partial charge in [-0.05, 0) is 25.5 Å². The van der Waals surface area contributed by atoms with E-state index in [1.807, 2.05) is 6.92 Å². The average molecular weight is 252 g/mol. The lowest BCUT2D eigenvalue weighted by molar-refractivity contribution is 0.101. The molecular weight excluding hydrogens is 242 g/mol. The second kappa shape index (κ2) is 4.50. The molecule has 0 unspecified atom stereocenters. The number of pyridine rings is 1. The number of rotatable bonds is 2. The first-order valence-electron chi connectivity index (χ1n) is 4.89. The smallest absolute Gasteiger partial charge is 0.295 e. The minimum Gasteiger partial charge on any atom is -0.318 e. The highest BCUT2D eigenvalue weighted by atomic mass is 35.5. The van der Waals surface area contributed by atoms with E-state index >= 15 is 0 Å². The van der Waals surface area contributed by atoms with E-state index < -0.39 is 0 Å². The van der Waals surface area contributed by atoms with E-state index in [0.717, 1.165) is 5.56 Å². The molecule has 0 atom stereocenters. The van der Waals surface area contributed by atoms with Crippen LogP contribution in [0.15, 0.2) is 12.3 Å². The van der Waals surface area contributed by atoms with Gasteiger partial charge in [0.05, 0.1) is 11.9 Å². The zero-order valence-electron chi connectivity index (χ0n) is 9.28. The zero-order valence-corrected chi connectivity index (χ0v) is 10.0. The maximum atomic E-state index is 11.7. The molecule has 0 bridgehead atoms. The van der Waals surface area contributed by atoms with Crippen molar-refractivity contribution >= 4 is 23.2 Å². The van der Waals surface area contributed by atoms with Gasteiger partial charge in [-0.15, -0.1) is 5.10 Å². The van der Waals surface area contributed by atoms with Crippen LogP contribution in [0.3, 0.4) is 0 Å². The van der Waals surface area contributed by atoms with Crippen molar-refractivity contribution in [2.24, 2.45) is 0 Å². The molecule has 0 saturated heterocycles. The van der Waals surface area contributed by atoms with Gasteiger partial charge in [0.1, 0.15) is 11.0 Å². The molecule has 2 aromatic heterocycles. The maximum absolute atomic E-state index is 11.7. The Balaban J connectivity index is 2.18. The molecular formula is C10H10ClN5O. The number of carbonyl (C=O) groups is 1. The van der Waals surface area contributed by atoms with Gasteiger partial charge >= 0.3 is 0 Å². The fraction of sp³-hybridized carbons (Fsp3) is 0.200. The summed E-state index contributed by atoms with van der Waals surface area (Å²) in [5.41, 5.74) is 1.41. The molecule has 0 radical (unpaired) electrons. The Morgan fingerprint density at radius 3 is 2.82 bits per heavy atom. The van der Waals surface area contributed by atoms with E-state index in [0.29, 0.717) is 16.7 Å². The van der Waals surface area contributed by atoms with Crippen molar-refractivity contribution in [1.82, 2.24) is 20.2 Å². The summed E-state index contributed by atoms with van der Waals surface area (Å²) in [5, 5.41) is 9.41. The number of aryl methyl sites for hydroxylation is 2.